The Morgan fingerprint density at radius 1 is 1.44 bits per heavy atom. The number of nitrogens with one attached hydrogen (secondary N) is 1. The Labute approximate surface area is 98.6 Å². The van der Waals surface area contributed by atoms with Crippen LogP contribution in [0.5, 0.6) is 0 Å². The van der Waals surface area contributed by atoms with E-state index in [1.165, 1.54) is 12.0 Å². The first-order valence-electron chi connectivity index (χ1n) is 6.23. The Morgan fingerprint density at radius 2 is 2.12 bits per heavy atom. The molecule has 86 valence electrons. The van der Waals surface area contributed by atoms with Crippen LogP contribution in [-0.4, -0.2) is 6.04 Å². The summed E-state index contributed by atoms with van der Waals surface area (Å²) < 4.78 is 0. The maximum Gasteiger partial charge on any atom is 0.0325 e. The molecule has 0 bridgehead atoms. The van der Waals surface area contributed by atoms with Crippen molar-refractivity contribution >= 4 is 0 Å². The Kier molecular flexibility index (Phi) is 3.79. The van der Waals surface area contributed by atoms with Gasteiger partial charge in [0.05, 0.1) is 0 Å². The lowest BCUT2D eigenvalue weighted by atomic mass is 10.0. The van der Waals surface area contributed by atoms with E-state index in [1.54, 1.807) is 0 Å². The molecule has 2 rings (SSSR count). The fourth-order valence-corrected chi connectivity index (χ4v) is 2.13. The Morgan fingerprint density at radius 3 is 2.69 bits per heavy atom. The molecule has 1 aromatic rings. The van der Waals surface area contributed by atoms with Crippen molar-refractivity contribution in [2.45, 2.75) is 38.3 Å². The van der Waals surface area contributed by atoms with Crippen molar-refractivity contribution in [3.05, 3.63) is 48.6 Å². The van der Waals surface area contributed by atoms with Gasteiger partial charge in [0.2, 0.25) is 0 Å². The molecule has 0 aliphatic heterocycles. The third kappa shape index (κ3) is 2.96. The molecule has 16 heavy (non-hydrogen) atoms. The number of allylic oxidation sites excluding steroid dienone is 1. The van der Waals surface area contributed by atoms with Crippen molar-refractivity contribution in [3.63, 3.8) is 0 Å². The van der Waals surface area contributed by atoms with E-state index in [4.69, 9.17) is 0 Å². The van der Waals surface area contributed by atoms with Gasteiger partial charge in [-0.3, -0.25) is 0 Å². The molecule has 3 unspecified atom stereocenters. The molecule has 1 aromatic carbocycles. The van der Waals surface area contributed by atoms with Crippen LogP contribution in [0.1, 0.15) is 37.8 Å². The number of hydrogen-bond acceptors (Lipinski definition) is 1. The number of benzene rings is 1. The van der Waals surface area contributed by atoms with Gasteiger partial charge in [0.25, 0.3) is 0 Å². The molecule has 0 amide bonds. The normalized spacial score (nSPS) is 25.1. The highest BCUT2D eigenvalue weighted by Gasteiger charge is 2.34. The molecule has 1 heteroatoms. The first kappa shape index (κ1) is 11.4. The summed E-state index contributed by atoms with van der Waals surface area (Å²) in [6.07, 6.45) is 5.57. The molecule has 0 radical (unpaired) electrons. The van der Waals surface area contributed by atoms with Gasteiger partial charge in [0, 0.05) is 12.1 Å². The standard InChI is InChI=1S/C15H21N/c1-3-4-10-14(16-15-11-12(15)2)13-8-6-5-7-9-13/h3,5-9,12,14-16H,1,4,10-11H2,2H3. The lowest BCUT2D eigenvalue weighted by Crippen LogP contribution is -2.24. The number of rotatable bonds is 6. The minimum absolute atomic E-state index is 0.495. The molecule has 1 aliphatic carbocycles. The van der Waals surface area contributed by atoms with E-state index in [2.05, 4.69) is 49.2 Å². The van der Waals surface area contributed by atoms with Gasteiger partial charge in [0.1, 0.15) is 0 Å². The van der Waals surface area contributed by atoms with Crippen molar-refractivity contribution in [1.29, 1.82) is 0 Å². The molecule has 0 saturated heterocycles. The highest BCUT2D eigenvalue weighted by molar-refractivity contribution is 5.19. The van der Waals surface area contributed by atoms with Gasteiger partial charge in [-0.2, -0.15) is 0 Å². The summed E-state index contributed by atoms with van der Waals surface area (Å²) in [6, 6.07) is 12.0. The van der Waals surface area contributed by atoms with Crippen LogP contribution in [0, 0.1) is 5.92 Å². The van der Waals surface area contributed by atoms with Crippen LogP contribution >= 0.6 is 0 Å². The monoisotopic (exact) mass is 215 g/mol. The minimum Gasteiger partial charge on any atom is -0.307 e. The molecular weight excluding hydrogens is 194 g/mol. The van der Waals surface area contributed by atoms with E-state index < -0.39 is 0 Å². The van der Waals surface area contributed by atoms with Crippen LogP contribution in [0.4, 0.5) is 0 Å². The average Bonchev–Trinajstić information content (AvgIpc) is 3.01. The second-order valence-electron chi connectivity index (χ2n) is 4.82. The van der Waals surface area contributed by atoms with Gasteiger partial charge in [-0.15, -0.1) is 6.58 Å². The molecular formula is C15H21N. The quantitative estimate of drug-likeness (QED) is 0.714. The van der Waals surface area contributed by atoms with E-state index in [1.807, 2.05) is 6.08 Å². The SMILES string of the molecule is C=CCCC(NC1CC1C)c1ccccc1. The first-order chi connectivity index (χ1) is 7.81. The zero-order valence-corrected chi connectivity index (χ0v) is 10.0. The van der Waals surface area contributed by atoms with Crippen LogP contribution in [0.2, 0.25) is 0 Å². The van der Waals surface area contributed by atoms with Gasteiger partial charge in [-0.05, 0) is 30.7 Å². The summed E-state index contributed by atoms with van der Waals surface area (Å²) in [5, 5.41) is 3.74. The lowest BCUT2D eigenvalue weighted by molar-refractivity contribution is 0.488. The maximum absolute atomic E-state index is 3.81. The second-order valence-corrected chi connectivity index (χ2v) is 4.82. The lowest BCUT2D eigenvalue weighted by Gasteiger charge is -2.18. The van der Waals surface area contributed by atoms with Crippen LogP contribution in [0.3, 0.4) is 0 Å². The van der Waals surface area contributed by atoms with Gasteiger partial charge in [0.15, 0.2) is 0 Å². The molecule has 1 saturated carbocycles. The van der Waals surface area contributed by atoms with Crippen LogP contribution in [-0.2, 0) is 0 Å². The Hall–Kier alpha value is -1.08. The van der Waals surface area contributed by atoms with Crippen molar-refractivity contribution in [3.8, 4) is 0 Å². The van der Waals surface area contributed by atoms with Gasteiger partial charge < -0.3 is 5.32 Å². The molecule has 1 aliphatic rings. The minimum atomic E-state index is 0.495. The molecule has 1 fully saturated rings. The van der Waals surface area contributed by atoms with Crippen LogP contribution in [0.25, 0.3) is 0 Å². The highest BCUT2D eigenvalue weighted by Crippen LogP contribution is 2.32. The molecule has 3 atom stereocenters. The summed E-state index contributed by atoms with van der Waals surface area (Å²) in [4.78, 5) is 0. The highest BCUT2D eigenvalue weighted by atomic mass is 15.0. The van der Waals surface area contributed by atoms with Gasteiger partial charge >= 0.3 is 0 Å². The third-order valence-electron chi connectivity index (χ3n) is 3.39. The van der Waals surface area contributed by atoms with Gasteiger partial charge in [-0.25, -0.2) is 0 Å². The third-order valence-corrected chi connectivity index (χ3v) is 3.39. The smallest absolute Gasteiger partial charge is 0.0325 e. The predicted octanol–water partition coefficient (Wildman–Crippen LogP) is 3.69. The molecule has 1 nitrogen and oxygen atoms in total. The average molecular weight is 215 g/mol. The number of hydrogen-bond donors (Lipinski definition) is 1. The fourth-order valence-electron chi connectivity index (χ4n) is 2.13. The van der Waals surface area contributed by atoms with Gasteiger partial charge in [-0.1, -0.05) is 43.3 Å². The van der Waals surface area contributed by atoms with Crippen molar-refractivity contribution in [2.24, 2.45) is 5.92 Å². The molecule has 0 spiro atoms. The Balaban J connectivity index is 1.99. The van der Waals surface area contributed by atoms with E-state index in [0.29, 0.717) is 6.04 Å². The Bertz CT molecular complexity index is 331. The topological polar surface area (TPSA) is 12.0 Å². The summed E-state index contributed by atoms with van der Waals surface area (Å²) in [5.74, 6) is 0.856. The zero-order valence-electron chi connectivity index (χ0n) is 10.0. The summed E-state index contributed by atoms with van der Waals surface area (Å²) in [5.41, 5.74) is 1.41. The van der Waals surface area contributed by atoms with Crippen molar-refractivity contribution in [2.75, 3.05) is 0 Å². The first-order valence-corrected chi connectivity index (χ1v) is 6.23. The van der Waals surface area contributed by atoms with E-state index in [9.17, 15) is 0 Å². The molecule has 1 N–H and O–H groups in total. The summed E-state index contributed by atoms with van der Waals surface area (Å²) in [7, 11) is 0. The van der Waals surface area contributed by atoms with Crippen LogP contribution < -0.4 is 5.32 Å². The van der Waals surface area contributed by atoms with E-state index in [0.717, 1.165) is 24.8 Å². The van der Waals surface area contributed by atoms with Crippen molar-refractivity contribution < 1.29 is 0 Å². The zero-order chi connectivity index (χ0) is 11.4. The maximum atomic E-state index is 3.81. The molecule has 0 aromatic heterocycles. The summed E-state index contributed by atoms with van der Waals surface area (Å²) >= 11 is 0. The molecule has 0 heterocycles. The fraction of sp³-hybridized carbons (Fsp3) is 0.467. The van der Waals surface area contributed by atoms with E-state index in [-0.39, 0.29) is 0 Å². The van der Waals surface area contributed by atoms with Crippen molar-refractivity contribution in [1.82, 2.24) is 5.32 Å². The summed E-state index contributed by atoms with van der Waals surface area (Å²) in [6.45, 7) is 6.12. The predicted molar refractivity (Wildman–Crippen MR) is 69.3 cm³/mol. The second kappa shape index (κ2) is 5.31. The van der Waals surface area contributed by atoms with Crippen LogP contribution in [0.15, 0.2) is 43.0 Å². The van der Waals surface area contributed by atoms with E-state index >= 15 is 0 Å². The largest absolute Gasteiger partial charge is 0.307 e.